The van der Waals surface area contributed by atoms with E-state index in [0.29, 0.717) is 0 Å². The molecule has 4 heteroatoms. The molecule has 0 fully saturated rings. The molecule has 0 spiro atoms. The van der Waals surface area contributed by atoms with Crippen LogP contribution in [0.2, 0.25) is 0 Å². The molecule has 0 radical (unpaired) electrons. The number of halogens is 2. The van der Waals surface area contributed by atoms with Gasteiger partial charge in [0, 0.05) is 5.75 Å². The Hall–Kier alpha value is 0.0934. The van der Waals surface area contributed by atoms with Crippen LogP contribution in [-0.4, -0.2) is 6.10 Å². The number of para-hydroxylation sites is 1. The summed E-state index contributed by atoms with van der Waals surface area (Å²) in [6, 6.07) is 7.78. The van der Waals surface area contributed by atoms with E-state index >= 15 is 0 Å². The zero-order chi connectivity index (χ0) is 11.0. The van der Waals surface area contributed by atoms with Gasteiger partial charge in [0.1, 0.15) is 0 Å². The summed E-state index contributed by atoms with van der Waals surface area (Å²) < 4.78 is 5.48. The van der Waals surface area contributed by atoms with Gasteiger partial charge in [0.25, 0.3) is 0 Å². The van der Waals surface area contributed by atoms with Gasteiger partial charge in [-0.05, 0) is 13.8 Å². The van der Waals surface area contributed by atoms with Crippen LogP contribution in [0.25, 0.3) is 0 Å². The zero-order valence-electron chi connectivity index (χ0n) is 9.11. The molecule has 88 valence electrons. The van der Waals surface area contributed by atoms with Crippen molar-refractivity contribution in [1.29, 1.82) is 0 Å². The molecule has 0 saturated carbocycles. The Morgan fingerprint density at radius 2 is 1.73 bits per heavy atom. The molecule has 0 aliphatic rings. The number of hydrogen-bond acceptors (Lipinski definition) is 1. The van der Waals surface area contributed by atoms with Crippen molar-refractivity contribution >= 4 is 19.4 Å². The summed E-state index contributed by atoms with van der Waals surface area (Å²) in [6.07, 6.45) is 0.220. The maximum atomic E-state index is 5.48. The molecule has 0 unspecified atom stereocenters. The van der Waals surface area contributed by atoms with Crippen LogP contribution in [0, 0.1) is 14.4 Å². The van der Waals surface area contributed by atoms with E-state index in [1.165, 1.54) is 0 Å². The van der Waals surface area contributed by atoms with Crippen molar-refractivity contribution in [2.45, 2.75) is 20.0 Å². The molecule has 1 aromatic rings. The summed E-state index contributed by atoms with van der Waals surface area (Å²) in [6.45, 7) is 7.86. The van der Waals surface area contributed by atoms with Gasteiger partial charge in [-0.1, -0.05) is 12.1 Å². The van der Waals surface area contributed by atoms with Crippen molar-refractivity contribution in [3.05, 3.63) is 44.2 Å². The molecule has 0 atom stereocenters. The fraction of sp³-hybridized carbons (Fsp3) is 0.273. The molecule has 1 nitrogen and oxygen atoms in total. The van der Waals surface area contributed by atoms with E-state index in [-0.39, 0.29) is 28.7 Å². The van der Waals surface area contributed by atoms with Crippen LogP contribution < -0.4 is 4.74 Å². The third-order valence-electron chi connectivity index (χ3n) is 1.34. The van der Waals surface area contributed by atoms with Crippen LogP contribution in [0.1, 0.15) is 19.4 Å². The Bertz CT molecular complexity index is 254. The quantitative estimate of drug-likeness (QED) is 0.571. The number of ether oxygens (including phenoxy) is 1. The van der Waals surface area contributed by atoms with E-state index < -0.39 is 0 Å². The predicted octanol–water partition coefficient (Wildman–Crippen LogP) is 4.48. The van der Waals surface area contributed by atoms with E-state index in [1.807, 2.05) is 38.1 Å². The summed E-state index contributed by atoms with van der Waals surface area (Å²) in [5.74, 6) is 0.877. The van der Waals surface area contributed by atoms with Crippen LogP contribution in [-0.2, 0) is 15.1 Å². The fourth-order valence-corrected chi connectivity index (χ4v) is 0.873. The first-order valence-electron chi connectivity index (χ1n) is 4.04. The molecule has 0 aliphatic carbocycles. The first-order valence-corrected chi connectivity index (χ1v) is 8.52. The van der Waals surface area contributed by atoms with Crippen LogP contribution in [0.3, 0.4) is 0 Å². The molecule has 0 amide bonds. The molecule has 1 rings (SSSR count). The standard InChI is InChI=1S/C10H13O.CH3.2ClH.Ru/c1-8(2)11-10-7-5-4-6-9(10)3;;;;/h4-8H,3H2,1-2H3;1H3;2*1H;/q2*-1;;;+4/p-2. The SMILES string of the molecule is [CH2-]c1ccccc1OC(C)C.[CH3-].[Cl][Ru+2][Cl]. The van der Waals surface area contributed by atoms with Crippen molar-refractivity contribution in [2.75, 3.05) is 0 Å². The monoisotopic (exact) mass is 336 g/mol. The summed E-state index contributed by atoms with van der Waals surface area (Å²) in [4.78, 5) is 0. The van der Waals surface area contributed by atoms with Gasteiger partial charge in [-0.3, -0.25) is 0 Å². The molecule has 0 heterocycles. The summed E-state index contributed by atoms with van der Waals surface area (Å²) in [5, 5.41) is 0. The van der Waals surface area contributed by atoms with Gasteiger partial charge in [-0.2, -0.15) is 18.6 Å². The average Bonchev–Trinajstić information content (AvgIpc) is 2.09. The van der Waals surface area contributed by atoms with Gasteiger partial charge in [0.15, 0.2) is 0 Å². The molecule has 15 heavy (non-hydrogen) atoms. The van der Waals surface area contributed by atoms with Crippen LogP contribution in [0.15, 0.2) is 24.3 Å². The summed E-state index contributed by atoms with van der Waals surface area (Å²) in [7, 11) is 9.71. The molecule has 0 bridgehead atoms. The van der Waals surface area contributed by atoms with Gasteiger partial charge in [-0.25, -0.2) is 0 Å². The Balaban J connectivity index is 0. The summed E-state index contributed by atoms with van der Waals surface area (Å²) >= 11 is -0.346. The van der Waals surface area contributed by atoms with E-state index in [1.54, 1.807) is 0 Å². The van der Waals surface area contributed by atoms with Gasteiger partial charge in [0.2, 0.25) is 0 Å². The topological polar surface area (TPSA) is 9.23 Å². The molecular weight excluding hydrogens is 320 g/mol. The van der Waals surface area contributed by atoms with Crippen LogP contribution in [0.5, 0.6) is 5.75 Å². The Morgan fingerprint density at radius 1 is 1.27 bits per heavy atom. The molecule has 0 N–H and O–H groups in total. The van der Waals surface area contributed by atoms with Crippen molar-refractivity contribution in [1.82, 2.24) is 0 Å². The van der Waals surface area contributed by atoms with E-state index in [4.69, 9.17) is 24.1 Å². The Labute approximate surface area is 109 Å². The molecule has 0 aliphatic heterocycles. The molecule has 1 aromatic carbocycles. The zero-order valence-corrected chi connectivity index (χ0v) is 12.4. The predicted molar refractivity (Wildman–Crippen MR) is 64.8 cm³/mol. The Kier molecular flexibility index (Phi) is 12.4. The first-order chi connectivity index (χ1) is 6.61. The van der Waals surface area contributed by atoms with Gasteiger partial charge in [0.05, 0.1) is 6.10 Å². The van der Waals surface area contributed by atoms with E-state index in [9.17, 15) is 0 Å². The number of hydrogen-bond donors (Lipinski definition) is 0. The normalized spacial score (nSPS) is 8.60. The molecule has 0 saturated heterocycles. The first kappa shape index (κ1) is 17.5. The average molecular weight is 336 g/mol. The van der Waals surface area contributed by atoms with Crippen molar-refractivity contribution in [2.24, 2.45) is 0 Å². The maximum absolute atomic E-state index is 5.48. The van der Waals surface area contributed by atoms with Crippen molar-refractivity contribution in [3.63, 3.8) is 0 Å². The second-order valence-electron chi connectivity index (χ2n) is 2.82. The van der Waals surface area contributed by atoms with Crippen LogP contribution >= 0.6 is 19.4 Å². The number of benzene rings is 1. The van der Waals surface area contributed by atoms with E-state index in [2.05, 4.69) is 6.92 Å². The second-order valence-corrected chi connectivity index (χ2v) is 5.46. The summed E-state index contributed by atoms with van der Waals surface area (Å²) in [5.41, 5.74) is 0.946. The van der Waals surface area contributed by atoms with Gasteiger partial charge in [-0.15, -0.1) is 6.07 Å². The third kappa shape index (κ3) is 9.05. The molecular formula is C11H16Cl2ORu. The van der Waals surface area contributed by atoms with Gasteiger partial charge < -0.3 is 12.2 Å². The van der Waals surface area contributed by atoms with Crippen molar-refractivity contribution in [3.8, 4) is 5.75 Å². The molecule has 0 aromatic heterocycles. The second kappa shape index (κ2) is 10.6. The van der Waals surface area contributed by atoms with E-state index in [0.717, 1.165) is 11.3 Å². The van der Waals surface area contributed by atoms with Crippen molar-refractivity contribution < 1.29 is 19.9 Å². The van der Waals surface area contributed by atoms with Crippen LogP contribution in [0.4, 0.5) is 0 Å². The minimum atomic E-state index is -0.346. The minimum absolute atomic E-state index is 0. The fourth-order valence-electron chi connectivity index (χ4n) is 0.873. The third-order valence-corrected chi connectivity index (χ3v) is 1.34. The van der Waals surface area contributed by atoms with Gasteiger partial charge >= 0.3 is 34.5 Å². The Morgan fingerprint density at radius 3 is 2.13 bits per heavy atom. The number of rotatable bonds is 2.